The minimum Gasteiger partial charge on any atom is -0.400 e. The summed E-state index contributed by atoms with van der Waals surface area (Å²) in [6.07, 6.45) is 2.00. The highest BCUT2D eigenvalue weighted by Gasteiger charge is 2.49. The van der Waals surface area contributed by atoms with Gasteiger partial charge in [-0.2, -0.15) is 0 Å². The van der Waals surface area contributed by atoms with Gasteiger partial charge in [-0.15, -0.1) is 0 Å². The molecule has 0 amide bonds. The standard InChI is InChI=1S/C12H24BNO3/c1-10(14-8-9-15)6-7-13-16-11(2,3)12(4,5)17-13/h6-7,10,14-15H,8-9H2,1-5H3/b7-6+. The first-order valence-electron chi connectivity index (χ1n) is 6.17. The minimum absolute atomic E-state index is 0.147. The van der Waals surface area contributed by atoms with E-state index in [1.807, 2.05) is 46.7 Å². The third-order valence-corrected chi connectivity index (χ3v) is 3.41. The Morgan fingerprint density at radius 2 is 1.76 bits per heavy atom. The smallest absolute Gasteiger partial charge is 0.400 e. The first kappa shape index (κ1) is 14.7. The van der Waals surface area contributed by atoms with E-state index >= 15 is 0 Å². The van der Waals surface area contributed by atoms with Crippen molar-refractivity contribution in [1.82, 2.24) is 5.32 Å². The summed E-state index contributed by atoms with van der Waals surface area (Å²) < 4.78 is 11.7. The van der Waals surface area contributed by atoms with E-state index < -0.39 is 0 Å². The zero-order valence-corrected chi connectivity index (χ0v) is 11.5. The van der Waals surface area contributed by atoms with E-state index in [-0.39, 0.29) is 31.0 Å². The van der Waals surface area contributed by atoms with Gasteiger partial charge in [0, 0.05) is 12.6 Å². The second-order valence-electron chi connectivity index (χ2n) is 5.48. The number of aliphatic hydroxyl groups is 1. The maximum atomic E-state index is 8.70. The van der Waals surface area contributed by atoms with Gasteiger partial charge in [0.05, 0.1) is 17.8 Å². The van der Waals surface area contributed by atoms with Gasteiger partial charge in [-0.25, -0.2) is 0 Å². The zero-order chi connectivity index (χ0) is 13.1. The molecule has 0 aromatic heterocycles. The molecule has 1 saturated heterocycles. The molecule has 4 nitrogen and oxygen atoms in total. The topological polar surface area (TPSA) is 50.7 Å². The van der Waals surface area contributed by atoms with E-state index in [0.29, 0.717) is 6.54 Å². The molecule has 0 aliphatic carbocycles. The quantitative estimate of drug-likeness (QED) is 0.709. The molecule has 17 heavy (non-hydrogen) atoms. The van der Waals surface area contributed by atoms with Gasteiger partial charge in [0.15, 0.2) is 0 Å². The second kappa shape index (κ2) is 5.52. The Labute approximate surface area is 105 Å². The third-order valence-electron chi connectivity index (χ3n) is 3.41. The lowest BCUT2D eigenvalue weighted by Crippen LogP contribution is -2.41. The Hall–Kier alpha value is -0.355. The highest BCUT2D eigenvalue weighted by Crippen LogP contribution is 2.36. The molecule has 5 heteroatoms. The molecule has 1 fully saturated rings. The van der Waals surface area contributed by atoms with Crippen LogP contribution < -0.4 is 5.32 Å². The molecule has 0 spiro atoms. The van der Waals surface area contributed by atoms with Crippen LogP contribution in [0.25, 0.3) is 0 Å². The number of rotatable bonds is 5. The summed E-state index contributed by atoms with van der Waals surface area (Å²) in [4.78, 5) is 0. The van der Waals surface area contributed by atoms with Crippen LogP contribution in [0.1, 0.15) is 34.6 Å². The van der Waals surface area contributed by atoms with Crippen molar-refractivity contribution in [3.05, 3.63) is 12.1 Å². The molecule has 0 aromatic rings. The molecule has 1 unspecified atom stereocenters. The average Bonchev–Trinajstić information content (AvgIpc) is 2.41. The van der Waals surface area contributed by atoms with E-state index in [2.05, 4.69) is 5.32 Å². The van der Waals surface area contributed by atoms with Crippen molar-refractivity contribution < 1.29 is 14.4 Å². The predicted octanol–water partition coefficient (Wildman–Crippen LogP) is 1.14. The van der Waals surface area contributed by atoms with E-state index in [4.69, 9.17) is 14.4 Å². The number of hydrogen-bond donors (Lipinski definition) is 2. The van der Waals surface area contributed by atoms with Crippen LogP contribution in [0.15, 0.2) is 12.1 Å². The van der Waals surface area contributed by atoms with Crippen LogP contribution in [-0.4, -0.2) is 42.6 Å². The lowest BCUT2D eigenvalue weighted by Gasteiger charge is -2.32. The highest BCUT2D eigenvalue weighted by atomic mass is 16.7. The van der Waals surface area contributed by atoms with Crippen LogP contribution in [0.5, 0.6) is 0 Å². The van der Waals surface area contributed by atoms with E-state index in [1.54, 1.807) is 0 Å². The number of hydrogen-bond acceptors (Lipinski definition) is 4. The van der Waals surface area contributed by atoms with E-state index in [0.717, 1.165) is 0 Å². The van der Waals surface area contributed by atoms with E-state index in [1.165, 1.54) is 0 Å². The van der Waals surface area contributed by atoms with Crippen molar-refractivity contribution in [2.75, 3.05) is 13.2 Å². The Morgan fingerprint density at radius 3 is 2.24 bits per heavy atom. The Kier molecular flexibility index (Phi) is 4.78. The van der Waals surface area contributed by atoms with Gasteiger partial charge in [0.1, 0.15) is 0 Å². The van der Waals surface area contributed by atoms with Gasteiger partial charge in [0.2, 0.25) is 0 Å². The Bertz CT molecular complexity index is 263. The van der Waals surface area contributed by atoms with Gasteiger partial charge in [-0.05, 0) is 34.6 Å². The summed E-state index contributed by atoms with van der Waals surface area (Å²) in [7, 11) is -0.293. The summed E-state index contributed by atoms with van der Waals surface area (Å²) in [5.74, 6) is 1.92. The van der Waals surface area contributed by atoms with Crippen LogP contribution in [0, 0.1) is 0 Å². The number of nitrogens with one attached hydrogen (secondary N) is 1. The van der Waals surface area contributed by atoms with E-state index in [9.17, 15) is 0 Å². The summed E-state index contributed by atoms with van der Waals surface area (Å²) in [6, 6.07) is 0.196. The maximum absolute atomic E-state index is 8.70. The fraction of sp³-hybridized carbons (Fsp3) is 0.833. The molecular formula is C12H24BNO3. The fourth-order valence-electron chi connectivity index (χ4n) is 1.58. The van der Waals surface area contributed by atoms with Crippen molar-refractivity contribution >= 4 is 7.12 Å². The normalized spacial score (nSPS) is 24.5. The van der Waals surface area contributed by atoms with Gasteiger partial charge in [-0.3, -0.25) is 0 Å². The Balaban J connectivity index is 2.47. The Morgan fingerprint density at radius 1 is 1.24 bits per heavy atom. The second-order valence-corrected chi connectivity index (χ2v) is 5.48. The summed E-state index contributed by atoms with van der Waals surface area (Å²) in [6.45, 7) is 10.9. The molecular weight excluding hydrogens is 217 g/mol. The molecule has 1 heterocycles. The predicted molar refractivity (Wildman–Crippen MR) is 69.8 cm³/mol. The molecule has 2 N–H and O–H groups in total. The molecule has 1 aliphatic rings. The molecule has 0 aromatic carbocycles. The molecule has 98 valence electrons. The molecule has 0 saturated carbocycles. The van der Waals surface area contributed by atoms with Crippen LogP contribution in [0.2, 0.25) is 0 Å². The van der Waals surface area contributed by atoms with Crippen LogP contribution in [-0.2, 0) is 9.31 Å². The minimum atomic E-state index is -0.293. The van der Waals surface area contributed by atoms with Gasteiger partial charge >= 0.3 is 7.12 Å². The van der Waals surface area contributed by atoms with Crippen LogP contribution in [0.3, 0.4) is 0 Å². The average molecular weight is 241 g/mol. The fourth-order valence-corrected chi connectivity index (χ4v) is 1.58. The zero-order valence-electron chi connectivity index (χ0n) is 11.5. The molecule has 0 bridgehead atoms. The highest BCUT2D eigenvalue weighted by molar-refractivity contribution is 6.51. The largest absolute Gasteiger partial charge is 0.486 e. The monoisotopic (exact) mass is 241 g/mol. The maximum Gasteiger partial charge on any atom is 0.486 e. The third kappa shape index (κ3) is 3.81. The van der Waals surface area contributed by atoms with Gasteiger partial charge in [-0.1, -0.05) is 12.1 Å². The van der Waals surface area contributed by atoms with Crippen molar-refractivity contribution in [2.24, 2.45) is 0 Å². The van der Waals surface area contributed by atoms with Gasteiger partial charge < -0.3 is 19.7 Å². The molecule has 0 radical (unpaired) electrons. The van der Waals surface area contributed by atoms with Crippen molar-refractivity contribution in [3.63, 3.8) is 0 Å². The van der Waals surface area contributed by atoms with Crippen molar-refractivity contribution in [2.45, 2.75) is 51.9 Å². The van der Waals surface area contributed by atoms with Crippen LogP contribution >= 0.6 is 0 Å². The summed E-state index contributed by atoms with van der Waals surface area (Å²) in [5, 5.41) is 11.8. The summed E-state index contributed by atoms with van der Waals surface area (Å²) >= 11 is 0. The lowest BCUT2D eigenvalue weighted by atomic mass is 9.89. The lowest BCUT2D eigenvalue weighted by molar-refractivity contribution is 0.00578. The summed E-state index contributed by atoms with van der Waals surface area (Å²) in [5.41, 5.74) is -0.576. The van der Waals surface area contributed by atoms with Crippen LogP contribution in [0.4, 0.5) is 0 Å². The van der Waals surface area contributed by atoms with Crippen molar-refractivity contribution in [3.8, 4) is 0 Å². The molecule has 1 aliphatic heterocycles. The van der Waals surface area contributed by atoms with Gasteiger partial charge in [0.25, 0.3) is 0 Å². The van der Waals surface area contributed by atoms with Crippen molar-refractivity contribution in [1.29, 1.82) is 0 Å². The number of aliphatic hydroxyl groups excluding tert-OH is 1. The first-order valence-corrected chi connectivity index (χ1v) is 6.17. The SMILES string of the molecule is CC(/C=C/B1OC(C)(C)C(C)(C)O1)NCCO. The molecule has 1 atom stereocenters. The molecule has 1 rings (SSSR count). The first-order chi connectivity index (χ1) is 7.78.